The number of hydrogen-bond donors (Lipinski definition) is 3. The summed E-state index contributed by atoms with van der Waals surface area (Å²) < 4.78 is 45.0. The van der Waals surface area contributed by atoms with Gasteiger partial charge in [-0.15, -0.1) is 0 Å². The average molecular weight is 384 g/mol. The van der Waals surface area contributed by atoms with Gasteiger partial charge in [-0.25, -0.2) is 14.0 Å². The van der Waals surface area contributed by atoms with Gasteiger partial charge in [0.15, 0.2) is 0 Å². The molecule has 0 aliphatic carbocycles. The van der Waals surface area contributed by atoms with E-state index in [1.807, 2.05) is 0 Å². The average Bonchev–Trinajstić information content (AvgIpc) is 3.00. The maximum atomic E-state index is 13.3. The fourth-order valence-corrected chi connectivity index (χ4v) is 1.88. The Morgan fingerprint density at radius 3 is 2.24 bits per heavy atom. The van der Waals surface area contributed by atoms with Gasteiger partial charge in [-0.2, -0.15) is 28.6 Å². The summed E-state index contributed by atoms with van der Waals surface area (Å²) in [6.45, 7) is 0. The topological polar surface area (TPSA) is 116 Å². The van der Waals surface area contributed by atoms with Crippen molar-refractivity contribution in [2.75, 3.05) is 0 Å². The molecule has 0 aliphatic heterocycles. The minimum absolute atomic E-state index is 0.0624. The predicted octanol–water partition coefficient (Wildman–Crippen LogP) is 2.71. The summed E-state index contributed by atoms with van der Waals surface area (Å²) in [6.07, 6.45) is -2.65. The third-order valence-corrected chi connectivity index (χ3v) is 3.15. The zero-order valence-electron chi connectivity index (χ0n) is 12.1. The molecule has 1 heterocycles. The molecular formula is C13H10ClF4N3O4. The zero-order chi connectivity index (χ0) is 19.2. The first-order valence-corrected chi connectivity index (χ1v) is 6.76. The highest BCUT2D eigenvalue weighted by Crippen LogP contribution is 2.24. The molecule has 1 aromatic heterocycles. The molecule has 0 bridgehead atoms. The van der Waals surface area contributed by atoms with Crippen LogP contribution in [0.4, 0.5) is 17.6 Å². The Labute approximate surface area is 142 Å². The monoisotopic (exact) mass is 383 g/mol. The third-order valence-electron chi connectivity index (χ3n) is 2.70. The van der Waals surface area contributed by atoms with E-state index in [1.54, 1.807) is 6.20 Å². The van der Waals surface area contributed by atoms with Crippen molar-refractivity contribution in [2.45, 2.75) is 19.0 Å². The molecule has 1 aromatic carbocycles. The van der Waals surface area contributed by atoms with Crippen LogP contribution < -0.4 is 0 Å². The van der Waals surface area contributed by atoms with Crippen molar-refractivity contribution in [3.8, 4) is 0 Å². The van der Waals surface area contributed by atoms with Gasteiger partial charge in [0, 0.05) is 0 Å². The lowest BCUT2D eigenvalue weighted by molar-refractivity contribution is -0.192. The van der Waals surface area contributed by atoms with E-state index < -0.39 is 23.9 Å². The fourth-order valence-electron chi connectivity index (χ4n) is 1.59. The standard InChI is InChI=1S/C11H9ClFN3O2.C2HF3O2/c12-10-6(1-2-8-5-14-16-15-8)3-7(13)4-9(10)11(17)18;3-2(4,5)1(6)7/h3-5H,1-2H2,(H,17,18)(H,14,15,16);(H,6,7). The van der Waals surface area contributed by atoms with Crippen molar-refractivity contribution in [1.82, 2.24) is 15.4 Å². The highest BCUT2D eigenvalue weighted by Gasteiger charge is 2.38. The first-order valence-electron chi connectivity index (χ1n) is 6.38. The molecule has 0 radical (unpaired) electrons. The summed E-state index contributed by atoms with van der Waals surface area (Å²) in [6, 6.07) is 2.14. The maximum absolute atomic E-state index is 13.3. The molecule has 0 spiro atoms. The number of hydrogen-bond acceptors (Lipinski definition) is 4. The van der Waals surface area contributed by atoms with Crippen LogP contribution in [-0.4, -0.2) is 43.7 Å². The molecule has 0 fully saturated rings. The van der Waals surface area contributed by atoms with Crippen LogP contribution in [0.15, 0.2) is 18.3 Å². The lowest BCUT2D eigenvalue weighted by atomic mass is 10.0. The summed E-state index contributed by atoms with van der Waals surface area (Å²) in [5.74, 6) is -4.62. The molecule has 7 nitrogen and oxygen atoms in total. The lowest BCUT2D eigenvalue weighted by Crippen LogP contribution is -2.21. The van der Waals surface area contributed by atoms with Crippen molar-refractivity contribution in [3.05, 3.63) is 46.0 Å². The van der Waals surface area contributed by atoms with E-state index in [0.29, 0.717) is 24.1 Å². The number of rotatable bonds is 4. The normalized spacial score (nSPS) is 10.8. The molecular weight excluding hydrogens is 374 g/mol. The van der Waals surface area contributed by atoms with E-state index in [4.69, 9.17) is 26.6 Å². The number of benzene rings is 1. The number of nitrogens with zero attached hydrogens (tertiary/aromatic N) is 2. The number of H-pyrrole nitrogens is 1. The van der Waals surface area contributed by atoms with Gasteiger partial charge in [-0.1, -0.05) is 11.6 Å². The van der Waals surface area contributed by atoms with E-state index in [9.17, 15) is 22.4 Å². The second kappa shape index (κ2) is 8.42. The molecule has 3 N–H and O–H groups in total. The van der Waals surface area contributed by atoms with E-state index >= 15 is 0 Å². The van der Waals surface area contributed by atoms with Gasteiger partial charge in [-0.05, 0) is 30.5 Å². The highest BCUT2D eigenvalue weighted by molar-refractivity contribution is 6.34. The minimum atomic E-state index is -5.08. The second-order valence-corrected chi connectivity index (χ2v) is 4.87. The number of aryl methyl sites for hydroxylation is 2. The van der Waals surface area contributed by atoms with E-state index in [1.165, 1.54) is 6.07 Å². The summed E-state index contributed by atoms with van der Waals surface area (Å²) in [5, 5.41) is 26.0. The van der Waals surface area contributed by atoms with Gasteiger partial charge in [0.25, 0.3) is 0 Å². The number of halogens is 5. The molecule has 0 atom stereocenters. The minimum Gasteiger partial charge on any atom is -0.478 e. The number of aromatic nitrogens is 3. The first kappa shape index (κ1) is 20.4. The molecule has 2 aromatic rings. The summed E-state index contributed by atoms with van der Waals surface area (Å²) in [7, 11) is 0. The predicted molar refractivity (Wildman–Crippen MR) is 75.9 cm³/mol. The summed E-state index contributed by atoms with van der Waals surface area (Å²) in [4.78, 5) is 19.8. The fraction of sp³-hybridized carbons (Fsp3) is 0.231. The van der Waals surface area contributed by atoms with Gasteiger partial charge in [0.05, 0.1) is 22.5 Å². The number of nitrogens with one attached hydrogen (secondary N) is 1. The van der Waals surface area contributed by atoms with Gasteiger partial charge < -0.3 is 10.2 Å². The summed E-state index contributed by atoms with van der Waals surface area (Å²) >= 11 is 5.92. The van der Waals surface area contributed by atoms with Crippen molar-refractivity contribution in [1.29, 1.82) is 0 Å². The summed E-state index contributed by atoms with van der Waals surface area (Å²) in [5.41, 5.74) is 0.913. The van der Waals surface area contributed by atoms with Crippen LogP contribution in [0.1, 0.15) is 21.6 Å². The number of carboxylic acids is 2. The largest absolute Gasteiger partial charge is 0.490 e. The molecule has 0 saturated heterocycles. The number of alkyl halides is 3. The van der Waals surface area contributed by atoms with Gasteiger partial charge in [0.1, 0.15) is 5.82 Å². The van der Waals surface area contributed by atoms with Crippen LogP contribution in [0.3, 0.4) is 0 Å². The van der Waals surface area contributed by atoms with Crippen molar-refractivity contribution in [2.24, 2.45) is 0 Å². The van der Waals surface area contributed by atoms with Crippen molar-refractivity contribution < 1.29 is 37.4 Å². The van der Waals surface area contributed by atoms with Crippen molar-refractivity contribution >= 4 is 23.5 Å². The Balaban J connectivity index is 0.000000381. The molecule has 25 heavy (non-hydrogen) atoms. The smallest absolute Gasteiger partial charge is 0.478 e. The molecule has 12 heteroatoms. The van der Waals surface area contributed by atoms with Crippen LogP contribution in [0.5, 0.6) is 0 Å². The number of aromatic amines is 1. The molecule has 0 saturated carbocycles. The molecule has 0 unspecified atom stereocenters. The van der Waals surface area contributed by atoms with Crippen LogP contribution in [0.25, 0.3) is 0 Å². The third kappa shape index (κ3) is 6.37. The molecule has 2 rings (SSSR count). The van der Waals surface area contributed by atoms with E-state index in [2.05, 4.69) is 15.4 Å². The van der Waals surface area contributed by atoms with Crippen LogP contribution in [0, 0.1) is 5.82 Å². The van der Waals surface area contributed by atoms with Crippen LogP contribution in [0.2, 0.25) is 5.02 Å². The number of carbonyl (C=O) groups is 2. The van der Waals surface area contributed by atoms with Gasteiger partial charge in [-0.3, -0.25) is 0 Å². The van der Waals surface area contributed by atoms with Crippen LogP contribution >= 0.6 is 11.6 Å². The van der Waals surface area contributed by atoms with Crippen LogP contribution in [-0.2, 0) is 17.6 Å². The lowest BCUT2D eigenvalue weighted by Gasteiger charge is -2.06. The van der Waals surface area contributed by atoms with Gasteiger partial charge >= 0.3 is 18.1 Å². The quantitative estimate of drug-likeness (QED) is 0.699. The molecule has 136 valence electrons. The van der Waals surface area contributed by atoms with E-state index in [0.717, 1.165) is 6.07 Å². The van der Waals surface area contributed by atoms with Gasteiger partial charge in [0.2, 0.25) is 0 Å². The number of aliphatic carboxylic acids is 1. The Bertz CT molecular complexity index is 750. The first-order chi connectivity index (χ1) is 11.5. The van der Waals surface area contributed by atoms with Crippen molar-refractivity contribution in [3.63, 3.8) is 0 Å². The zero-order valence-corrected chi connectivity index (χ0v) is 12.9. The highest BCUT2D eigenvalue weighted by atomic mass is 35.5. The molecule has 0 amide bonds. The number of carboxylic acid groups (broad SMARTS) is 2. The second-order valence-electron chi connectivity index (χ2n) is 4.50. The Morgan fingerprint density at radius 1 is 1.20 bits per heavy atom. The Kier molecular flexibility index (Phi) is 6.86. The maximum Gasteiger partial charge on any atom is 0.490 e. The number of aromatic carboxylic acids is 1. The van der Waals surface area contributed by atoms with E-state index in [-0.39, 0.29) is 10.6 Å². The Morgan fingerprint density at radius 2 is 1.80 bits per heavy atom. The SMILES string of the molecule is O=C(O)C(F)(F)F.O=C(O)c1cc(F)cc(CCc2cn[nH]n2)c1Cl. The molecule has 0 aliphatic rings. The Hall–Kier alpha value is -2.69.